The number of benzene rings is 1. The average Bonchev–Trinajstić information content (AvgIpc) is 2.75. The highest BCUT2D eigenvalue weighted by atomic mass is 16.1. The molecule has 1 unspecified atom stereocenters. The van der Waals surface area contributed by atoms with E-state index < -0.39 is 0 Å². The van der Waals surface area contributed by atoms with Crippen molar-refractivity contribution < 1.29 is 0 Å². The Morgan fingerprint density at radius 2 is 2.20 bits per heavy atom. The van der Waals surface area contributed by atoms with Crippen molar-refractivity contribution >= 4 is 11.0 Å². The number of fused-ring (bicyclic) bond motifs is 1. The summed E-state index contributed by atoms with van der Waals surface area (Å²) in [7, 11) is 0. The minimum absolute atomic E-state index is 0.0206. The van der Waals surface area contributed by atoms with Gasteiger partial charge in [0.2, 0.25) is 0 Å². The number of likely N-dealkylation sites (N-methyl/N-ethyl adjacent to an activating group) is 1. The van der Waals surface area contributed by atoms with E-state index in [1.807, 2.05) is 10.6 Å². The molecule has 0 amide bonds. The zero-order valence-corrected chi connectivity index (χ0v) is 12.4. The van der Waals surface area contributed by atoms with Crippen molar-refractivity contribution in [1.82, 2.24) is 14.5 Å². The molecule has 20 heavy (non-hydrogen) atoms. The Labute approximate surface area is 119 Å². The van der Waals surface area contributed by atoms with Gasteiger partial charge in [0.25, 0.3) is 0 Å². The number of H-pyrrole nitrogens is 1. The van der Waals surface area contributed by atoms with Crippen LogP contribution in [0.15, 0.2) is 23.0 Å². The van der Waals surface area contributed by atoms with Crippen LogP contribution in [0.25, 0.3) is 11.0 Å². The second-order valence-corrected chi connectivity index (χ2v) is 5.84. The molecule has 1 aromatic carbocycles. The third-order valence-corrected chi connectivity index (χ3v) is 4.48. The number of likely N-dealkylation sites (tertiary alicyclic amines) is 1. The number of hydrogen-bond acceptors (Lipinski definition) is 2. The van der Waals surface area contributed by atoms with Gasteiger partial charge in [0, 0.05) is 12.6 Å². The van der Waals surface area contributed by atoms with E-state index in [-0.39, 0.29) is 5.69 Å². The first-order valence-corrected chi connectivity index (χ1v) is 7.62. The zero-order chi connectivity index (χ0) is 14.1. The molecule has 2 aromatic rings. The third kappa shape index (κ3) is 2.40. The van der Waals surface area contributed by atoms with Crippen LogP contribution in [0.2, 0.25) is 0 Å². The summed E-state index contributed by atoms with van der Waals surface area (Å²) >= 11 is 0. The fourth-order valence-corrected chi connectivity index (χ4v) is 3.35. The van der Waals surface area contributed by atoms with Gasteiger partial charge in [0.15, 0.2) is 0 Å². The Morgan fingerprint density at radius 1 is 1.35 bits per heavy atom. The Kier molecular flexibility index (Phi) is 3.66. The Hall–Kier alpha value is -1.55. The van der Waals surface area contributed by atoms with E-state index in [2.05, 4.69) is 35.9 Å². The van der Waals surface area contributed by atoms with E-state index in [1.54, 1.807) is 0 Å². The minimum Gasteiger partial charge on any atom is -0.306 e. The Balaban J connectivity index is 1.94. The van der Waals surface area contributed by atoms with Gasteiger partial charge in [-0.3, -0.25) is 9.47 Å². The molecule has 0 spiro atoms. The van der Waals surface area contributed by atoms with Gasteiger partial charge in [-0.1, -0.05) is 19.4 Å². The summed E-state index contributed by atoms with van der Waals surface area (Å²) < 4.78 is 1.91. The molecule has 108 valence electrons. The van der Waals surface area contributed by atoms with Crippen molar-refractivity contribution in [2.45, 2.75) is 45.7 Å². The van der Waals surface area contributed by atoms with Gasteiger partial charge in [-0.15, -0.1) is 0 Å². The normalized spacial score (nSPS) is 20.6. The standard InChI is InChI=1S/C16H23N3O/c1-3-18-9-5-4-6-13(18)11-19-15-8-7-12(2)10-14(15)17-16(19)20/h7-8,10,13H,3-6,9,11H2,1-2H3,(H,17,20). The first kappa shape index (κ1) is 13.4. The van der Waals surface area contributed by atoms with Crippen LogP contribution in [0.3, 0.4) is 0 Å². The number of hydrogen-bond donors (Lipinski definition) is 1. The molecule has 1 aliphatic heterocycles. The second kappa shape index (κ2) is 5.44. The number of aromatic amines is 1. The summed E-state index contributed by atoms with van der Waals surface area (Å²) in [6.07, 6.45) is 3.75. The topological polar surface area (TPSA) is 41.0 Å². The lowest BCUT2D eigenvalue weighted by atomic mass is 10.0. The molecule has 1 saturated heterocycles. The van der Waals surface area contributed by atoms with E-state index in [0.29, 0.717) is 6.04 Å². The fourth-order valence-electron chi connectivity index (χ4n) is 3.35. The Bertz CT molecular complexity index is 655. The van der Waals surface area contributed by atoms with Crippen LogP contribution in [-0.4, -0.2) is 33.6 Å². The Morgan fingerprint density at radius 3 is 3.00 bits per heavy atom. The molecule has 1 atom stereocenters. The maximum Gasteiger partial charge on any atom is 0.326 e. The molecule has 0 aliphatic carbocycles. The van der Waals surface area contributed by atoms with Crippen molar-refractivity contribution in [3.05, 3.63) is 34.2 Å². The molecule has 4 nitrogen and oxygen atoms in total. The number of imidazole rings is 1. The summed E-state index contributed by atoms with van der Waals surface area (Å²) in [6.45, 7) is 7.29. The number of nitrogens with one attached hydrogen (secondary N) is 1. The molecular weight excluding hydrogens is 250 g/mol. The van der Waals surface area contributed by atoms with Gasteiger partial charge in [-0.2, -0.15) is 0 Å². The molecule has 1 aliphatic rings. The van der Waals surface area contributed by atoms with Crippen molar-refractivity contribution in [3.63, 3.8) is 0 Å². The van der Waals surface area contributed by atoms with Crippen molar-refractivity contribution in [1.29, 1.82) is 0 Å². The molecule has 0 saturated carbocycles. The average molecular weight is 273 g/mol. The third-order valence-electron chi connectivity index (χ3n) is 4.48. The van der Waals surface area contributed by atoms with Crippen LogP contribution in [-0.2, 0) is 6.54 Å². The van der Waals surface area contributed by atoms with E-state index >= 15 is 0 Å². The molecule has 2 heterocycles. The SMILES string of the molecule is CCN1CCCCC1Cn1c(=O)[nH]c2cc(C)ccc21. The number of nitrogens with zero attached hydrogens (tertiary/aromatic N) is 2. The molecule has 1 aromatic heterocycles. The predicted octanol–water partition coefficient (Wildman–Crippen LogP) is 2.51. The maximum absolute atomic E-state index is 12.2. The smallest absolute Gasteiger partial charge is 0.306 e. The molecule has 4 heteroatoms. The highest BCUT2D eigenvalue weighted by Gasteiger charge is 2.22. The van der Waals surface area contributed by atoms with Gasteiger partial charge < -0.3 is 4.98 Å². The predicted molar refractivity (Wildman–Crippen MR) is 82.2 cm³/mol. The number of aromatic nitrogens is 2. The number of rotatable bonds is 3. The first-order valence-electron chi connectivity index (χ1n) is 7.62. The molecule has 0 radical (unpaired) electrons. The summed E-state index contributed by atoms with van der Waals surface area (Å²) in [5.74, 6) is 0. The van der Waals surface area contributed by atoms with Gasteiger partial charge in [-0.05, 0) is 50.6 Å². The quantitative estimate of drug-likeness (QED) is 0.933. The van der Waals surface area contributed by atoms with Gasteiger partial charge in [0.1, 0.15) is 0 Å². The van der Waals surface area contributed by atoms with Crippen LogP contribution < -0.4 is 5.69 Å². The lowest BCUT2D eigenvalue weighted by Crippen LogP contribution is -2.43. The summed E-state index contributed by atoms with van der Waals surface area (Å²) in [5.41, 5.74) is 3.18. The lowest BCUT2D eigenvalue weighted by molar-refractivity contribution is 0.140. The van der Waals surface area contributed by atoms with Crippen molar-refractivity contribution in [3.8, 4) is 0 Å². The van der Waals surface area contributed by atoms with Crippen LogP contribution >= 0.6 is 0 Å². The van der Waals surface area contributed by atoms with Crippen LogP contribution in [0, 0.1) is 6.92 Å². The first-order chi connectivity index (χ1) is 9.69. The van der Waals surface area contributed by atoms with E-state index in [0.717, 1.165) is 30.7 Å². The van der Waals surface area contributed by atoms with E-state index in [1.165, 1.54) is 24.8 Å². The van der Waals surface area contributed by atoms with Crippen molar-refractivity contribution in [2.24, 2.45) is 0 Å². The summed E-state index contributed by atoms with van der Waals surface area (Å²) in [6, 6.07) is 6.67. The highest BCUT2D eigenvalue weighted by molar-refractivity contribution is 5.75. The summed E-state index contributed by atoms with van der Waals surface area (Å²) in [4.78, 5) is 17.7. The number of piperidine rings is 1. The van der Waals surface area contributed by atoms with Gasteiger partial charge >= 0.3 is 5.69 Å². The highest BCUT2D eigenvalue weighted by Crippen LogP contribution is 2.20. The minimum atomic E-state index is 0.0206. The zero-order valence-electron chi connectivity index (χ0n) is 12.4. The molecule has 0 bridgehead atoms. The summed E-state index contributed by atoms with van der Waals surface area (Å²) in [5, 5.41) is 0. The van der Waals surface area contributed by atoms with Crippen LogP contribution in [0.1, 0.15) is 31.7 Å². The van der Waals surface area contributed by atoms with Crippen LogP contribution in [0.4, 0.5) is 0 Å². The second-order valence-electron chi connectivity index (χ2n) is 5.84. The van der Waals surface area contributed by atoms with E-state index in [9.17, 15) is 4.79 Å². The van der Waals surface area contributed by atoms with Gasteiger partial charge in [-0.25, -0.2) is 4.79 Å². The monoisotopic (exact) mass is 273 g/mol. The molecule has 3 rings (SSSR count). The molecule has 1 fully saturated rings. The maximum atomic E-state index is 12.2. The molecular formula is C16H23N3O. The van der Waals surface area contributed by atoms with E-state index in [4.69, 9.17) is 0 Å². The fraction of sp³-hybridized carbons (Fsp3) is 0.562. The lowest BCUT2D eigenvalue weighted by Gasteiger charge is -2.34. The molecule has 1 N–H and O–H groups in total. The van der Waals surface area contributed by atoms with Crippen molar-refractivity contribution in [2.75, 3.05) is 13.1 Å². The largest absolute Gasteiger partial charge is 0.326 e. The number of aryl methyl sites for hydroxylation is 1. The van der Waals surface area contributed by atoms with Crippen LogP contribution in [0.5, 0.6) is 0 Å². The van der Waals surface area contributed by atoms with Gasteiger partial charge in [0.05, 0.1) is 11.0 Å².